The Hall–Kier alpha value is -1.20. The number of hydrogen-bond donors (Lipinski definition) is 2. The molecule has 0 atom stereocenters. The van der Waals surface area contributed by atoms with Gasteiger partial charge in [0, 0.05) is 10.9 Å². The second-order valence-electron chi connectivity index (χ2n) is 4.72. The highest BCUT2D eigenvalue weighted by Gasteiger charge is 2.18. The van der Waals surface area contributed by atoms with Gasteiger partial charge in [-0.25, -0.2) is 4.79 Å². The largest absolute Gasteiger partial charge is 0.335 e. The van der Waals surface area contributed by atoms with E-state index in [0.29, 0.717) is 5.02 Å². The van der Waals surface area contributed by atoms with Crippen molar-refractivity contribution in [1.82, 2.24) is 10.6 Å². The van der Waals surface area contributed by atoms with Crippen LogP contribution in [0, 0.1) is 0 Å². The second kappa shape index (κ2) is 7.55. The van der Waals surface area contributed by atoms with E-state index in [1.807, 2.05) is 18.2 Å². The van der Waals surface area contributed by atoms with Crippen molar-refractivity contribution in [2.75, 3.05) is 5.75 Å². The van der Waals surface area contributed by atoms with Crippen LogP contribution >= 0.6 is 23.4 Å². The van der Waals surface area contributed by atoms with E-state index in [4.69, 9.17) is 11.6 Å². The number of urea groups is 1. The van der Waals surface area contributed by atoms with Crippen molar-refractivity contribution in [3.63, 3.8) is 0 Å². The van der Waals surface area contributed by atoms with Crippen LogP contribution in [0.5, 0.6) is 0 Å². The molecular weight excluding hydrogens is 296 g/mol. The molecule has 1 fully saturated rings. The average Bonchev–Trinajstić information content (AvgIpc) is 2.90. The van der Waals surface area contributed by atoms with Crippen molar-refractivity contribution in [2.45, 2.75) is 36.6 Å². The summed E-state index contributed by atoms with van der Waals surface area (Å²) in [4.78, 5) is 24.1. The molecule has 0 spiro atoms. The first kappa shape index (κ1) is 15.2. The summed E-state index contributed by atoms with van der Waals surface area (Å²) in [5, 5.41) is 5.77. The van der Waals surface area contributed by atoms with E-state index in [0.717, 1.165) is 30.6 Å². The minimum absolute atomic E-state index is 0.168. The Balaban J connectivity index is 1.72. The number of halogens is 1. The molecule has 1 aromatic carbocycles. The highest BCUT2D eigenvalue weighted by atomic mass is 35.5. The average molecular weight is 313 g/mol. The summed E-state index contributed by atoms with van der Waals surface area (Å²) in [5.41, 5.74) is 0. The van der Waals surface area contributed by atoms with E-state index in [1.165, 1.54) is 11.8 Å². The van der Waals surface area contributed by atoms with Gasteiger partial charge in [-0.3, -0.25) is 10.1 Å². The fourth-order valence-electron chi connectivity index (χ4n) is 2.16. The van der Waals surface area contributed by atoms with E-state index in [1.54, 1.807) is 6.07 Å². The maximum absolute atomic E-state index is 11.7. The van der Waals surface area contributed by atoms with Crippen LogP contribution in [0.2, 0.25) is 5.02 Å². The zero-order chi connectivity index (χ0) is 14.4. The molecule has 108 valence electrons. The lowest BCUT2D eigenvalue weighted by Gasteiger charge is -2.12. The highest BCUT2D eigenvalue weighted by molar-refractivity contribution is 8.00. The minimum Gasteiger partial charge on any atom is -0.335 e. The molecule has 1 saturated carbocycles. The lowest BCUT2D eigenvalue weighted by Crippen LogP contribution is -2.44. The quantitative estimate of drug-likeness (QED) is 0.839. The predicted octanol–water partition coefficient (Wildman–Crippen LogP) is 3.20. The Kier molecular flexibility index (Phi) is 5.73. The molecule has 2 rings (SSSR count). The maximum Gasteiger partial charge on any atom is 0.321 e. The third-order valence-electron chi connectivity index (χ3n) is 3.14. The van der Waals surface area contributed by atoms with Crippen molar-refractivity contribution >= 4 is 35.3 Å². The van der Waals surface area contributed by atoms with Gasteiger partial charge in [-0.15, -0.1) is 11.8 Å². The summed E-state index contributed by atoms with van der Waals surface area (Å²) in [6, 6.07) is 7.12. The molecule has 0 radical (unpaired) electrons. The molecule has 6 heteroatoms. The topological polar surface area (TPSA) is 58.2 Å². The predicted molar refractivity (Wildman–Crippen MR) is 81.1 cm³/mol. The number of hydrogen-bond acceptors (Lipinski definition) is 3. The number of carbonyl (C=O) groups is 2. The molecule has 20 heavy (non-hydrogen) atoms. The normalized spacial score (nSPS) is 15.1. The smallest absolute Gasteiger partial charge is 0.321 e. The highest BCUT2D eigenvalue weighted by Crippen LogP contribution is 2.26. The first-order valence-corrected chi connectivity index (χ1v) is 7.99. The lowest BCUT2D eigenvalue weighted by atomic mass is 10.2. The summed E-state index contributed by atoms with van der Waals surface area (Å²) < 4.78 is 0. The van der Waals surface area contributed by atoms with Crippen molar-refractivity contribution in [1.29, 1.82) is 0 Å². The summed E-state index contributed by atoms with van der Waals surface area (Å²) in [6.07, 6.45) is 4.27. The van der Waals surface area contributed by atoms with Crippen LogP contribution in [0.1, 0.15) is 25.7 Å². The molecule has 1 aliphatic rings. The van der Waals surface area contributed by atoms with Gasteiger partial charge in [0.15, 0.2) is 0 Å². The molecule has 0 heterocycles. The number of rotatable bonds is 4. The Labute approximate surface area is 127 Å². The molecule has 3 amide bonds. The van der Waals surface area contributed by atoms with E-state index in [2.05, 4.69) is 10.6 Å². The zero-order valence-corrected chi connectivity index (χ0v) is 12.6. The van der Waals surface area contributed by atoms with Gasteiger partial charge in [0.1, 0.15) is 0 Å². The lowest BCUT2D eigenvalue weighted by molar-refractivity contribution is -0.117. The first-order valence-electron chi connectivity index (χ1n) is 6.63. The van der Waals surface area contributed by atoms with Gasteiger partial charge in [-0.1, -0.05) is 36.6 Å². The minimum atomic E-state index is -0.401. The first-order chi connectivity index (χ1) is 9.65. The van der Waals surface area contributed by atoms with Crippen LogP contribution in [-0.4, -0.2) is 23.7 Å². The molecule has 0 unspecified atom stereocenters. The summed E-state index contributed by atoms with van der Waals surface area (Å²) >= 11 is 7.31. The van der Waals surface area contributed by atoms with E-state index >= 15 is 0 Å². The molecule has 1 aliphatic carbocycles. The Morgan fingerprint density at radius 1 is 1.25 bits per heavy atom. The Morgan fingerprint density at radius 2 is 1.95 bits per heavy atom. The summed E-state index contributed by atoms with van der Waals surface area (Å²) in [5.74, 6) is -0.146. The van der Waals surface area contributed by atoms with E-state index < -0.39 is 6.03 Å². The fourth-order valence-corrected chi connectivity index (χ4v) is 3.20. The van der Waals surface area contributed by atoms with Crippen molar-refractivity contribution < 1.29 is 9.59 Å². The molecule has 1 aromatic rings. The third kappa shape index (κ3) is 4.72. The van der Waals surface area contributed by atoms with Gasteiger partial charge < -0.3 is 5.32 Å². The maximum atomic E-state index is 11.7. The van der Waals surface area contributed by atoms with Gasteiger partial charge in [-0.2, -0.15) is 0 Å². The SMILES string of the molecule is O=C(CSc1ccccc1Cl)NC(=O)NC1CCCC1. The van der Waals surface area contributed by atoms with Crippen LogP contribution in [0.3, 0.4) is 0 Å². The van der Waals surface area contributed by atoms with Crippen LogP contribution < -0.4 is 10.6 Å². The standard InChI is InChI=1S/C14H17ClN2O2S/c15-11-7-3-4-8-12(11)20-9-13(18)17-14(19)16-10-5-1-2-6-10/h3-4,7-8,10H,1-2,5-6,9H2,(H2,16,17,18,19). The van der Waals surface area contributed by atoms with Gasteiger partial charge >= 0.3 is 6.03 Å². The molecule has 0 bridgehead atoms. The van der Waals surface area contributed by atoms with Crippen LogP contribution in [0.4, 0.5) is 4.79 Å². The molecular formula is C14H17ClN2O2S. The van der Waals surface area contributed by atoms with Crippen molar-refractivity contribution in [2.24, 2.45) is 0 Å². The zero-order valence-electron chi connectivity index (χ0n) is 11.0. The fraction of sp³-hybridized carbons (Fsp3) is 0.429. The molecule has 0 aromatic heterocycles. The monoisotopic (exact) mass is 312 g/mol. The Morgan fingerprint density at radius 3 is 2.65 bits per heavy atom. The van der Waals surface area contributed by atoms with E-state index in [9.17, 15) is 9.59 Å². The third-order valence-corrected chi connectivity index (χ3v) is 4.65. The number of thioether (sulfide) groups is 1. The second-order valence-corrected chi connectivity index (χ2v) is 6.15. The van der Waals surface area contributed by atoms with Crippen molar-refractivity contribution in [3.8, 4) is 0 Å². The number of benzene rings is 1. The Bertz CT molecular complexity index is 490. The molecule has 0 saturated heterocycles. The number of carbonyl (C=O) groups excluding carboxylic acids is 2. The number of nitrogens with one attached hydrogen (secondary N) is 2. The van der Waals surface area contributed by atoms with Gasteiger partial charge in [-0.05, 0) is 25.0 Å². The summed E-state index contributed by atoms with van der Waals surface area (Å²) in [7, 11) is 0. The van der Waals surface area contributed by atoms with E-state index in [-0.39, 0.29) is 17.7 Å². The number of imide groups is 1. The van der Waals surface area contributed by atoms with Crippen molar-refractivity contribution in [3.05, 3.63) is 29.3 Å². The molecule has 4 nitrogen and oxygen atoms in total. The summed E-state index contributed by atoms with van der Waals surface area (Å²) in [6.45, 7) is 0. The van der Waals surface area contributed by atoms with Gasteiger partial charge in [0.25, 0.3) is 0 Å². The van der Waals surface area contributed by atoms with Gasteiger partial charge in [0.05, 0.1) is 10.8 Å². The molecule has 0 aliphatic heterocycles. The van der Waals surface area contributed by atoms with Gasteiger partial charge in [0.2, 0.25) is 5.91 Å². The van der Waals surface area contributed by atoms with Crippen LogP contribution in [0.25, 0.3) is 0 Å². The van der Waals surface area contributed by atoms with Crippen LogP contribution in [-0.2, 0) is 4.79 Å². The number of amides is 3. The van der Waals surface area contributed by atoms with Crippen LogP contribution in [0.15, 0.2) is 29.2 Å². The molecule has 2 N–H and O–H groups in total.